The normalized spacial score (nSPS) is 17.1. The van der Waals surface area contributed by atoms with E-state index in [0.29, 0.717) is 29.9 Å². The topological polar surface area (TPSA) is 91.9 Å². The Kier molecular flexibility index (Phi) is 9.22. The molecule has 40 heavy (non-hydrogen) atoms. The summed E-state index contributed by atoms with van der Waals surface area (Å²) in [4.78, 5) is 18.2. The summed E-state index contributed by atoms with van der Waals surface area (Å²) < 4.78 is 6.01. The third-order valence-corrected chi connectivity index (χ3v) is 8.13. The maximum Gasteiger partial charge on any atom is 0.338 e. The van der Waals surface area contributed by atoms with Gasteiger partial charge < -0.3 is 10.5 Å². The van der Waals surface area contributed by atoms with E-state index in [1.165, 1.54) is 22.4 Å². The van der Waals surface area contributed by atoms with Gasteiger partial charge in [0.25, 0.3) is 0 Å². The molecule has 2 aromatic carbocycles. The minimum atomic E-state index is -0.882. The summed E-state index contributed by atoms with van der Waals surface area (Å²) in [5.41, 5.74) is 11.2. The first-order chi connectivity index (χ1) is 19.5. The molecule has 2 aliphatic rings. The van der Waals surface area contributed by atoms with Gasteiger partial charge in [0, 0.05) is 35.7 Å². The summed E-state index contributed by atoms with van der Waals surface area (Å²) in [6.45, 7) is 3.69. The number of likely N-dealkylation sites (tertiary alicyclic amines) is 1. The second-order valence-corrected chi connectivity index (χ2v) is 10.9. The third-order valence-electron chi connectivity index (χ3n) is 7.89. The molecule has 1 aliphatic heterocycles. The summed E-state index contributed by atoms with van der Waals surface area (Å²) in [6.07, 6.45) is 6.55. The highest BCUT2D eigenvalue weighted by atomic mass is 35.5. The molecule has 208 valence electrons. The lowest BCUT2D eigenvalue weighted by Crippen LogP contribution is -2.38. The number of hydroxylamine groups is 2. The number of pyridine rings is 1. The summed E-state index contributed by atoms with van der Waals surface area (Å²) in [5, 5.41) is 10.5. The lowest BCUT2D eigenvalue weighted by Gasteiger charge is -2.36. The molecule has 1 fully saturated rings. The molecule has 1 unspecified atom stereocenters. The number of ether oxygens (including phenoxy) is 1. The summed E-state index contributed by atoms with van der Waals surface area (Å²) in [7, 11) is 0. The van der Waals surface area contributed by atoms with Gasteiger partial charge >= 0.3 is 6.03 Å². The van der Waals surface area contributed by atoms with Crippen LogP contribution in [0.2, 0.25) is 5.02 Å². The zero-order valence-electron chi connectivity index (χ0n) is 22.6. The molecule has 5 rings (SSSR count). The van der Waals surface area contributed by atoms with Gasteiger partial charge in [0.1, 0.15) is 12.4 Å². The van der Waals surface area contributed by atoms with Crippen LogP contribution in [0.4, 0.5) is 4.79 Å². The third kappa shape index (κ3) is 6.95. The van der Waals surface area contributed by atoms with Crippen LogP contribution in [0.5, 0.6) is 5.75 Å². The van der Waals surface area contributed by atoms with Crippen molar-refractivity contribution in [3.8, 4) is 17.6 Å². The number of halogens is 1. The van der Waals surface area contributed by atoms with Crippen LogP contribution in [0.15, 0.2) is 60.8 Å². The van der Waals surface area contributed by atoms with E-state index in [-0.39, 0.29) is 6.54 Å². The minimum Gasteiger partial charge on any atom is -0.492 e. The van der Waals surface area contributed by atoms with Crippen molar-refractivity contribution in [3.05, 3.63) is 93.8 Å². The van der Waals surface area contributed by atoms with Crippen LogP contribution in [-0.2, 0) is 12.8 Å². The van der Waals surface area contributed by atoms with Gasteiger partial charge in [-0.25, -0.2) is 9.86 Å². The van der Waals surface area contributed by atoms with Crippen LogP contribution >= 0.6 is 11.6 Å². The average molecular weight is 559 g/mol. The Hall–Kier alpha value is -3.57. The van der Waals surface area contributed by atoms with Crippen molar-refractivity contribution in [2.24, 2.45) is 11.7 Å². The van der Waals surface area contributed by atoms with Crippen molar-refractivity contribution in [1.82, 2.24) is 14.9 Å². The smallest absolute Gasteiger partial charge is 0.338 e. The fraction of sp³-hybridized carbons (Fsp3) is 0.375. The highest BCUT2D eigenvalue weighted by Gasteiger charge is 2.33. The number of aromatic nitrogens is 1. The number of hydrogen-bond acceptors (Lipinski definition) is 5. The molecule has 1 aliphatic carbocycles. The number of piperidine rings is 1. The van der Waals surface area contributed by atoms with Gasteiger partial charge in [-0.15, -0.1) is 0 Å². The lowest BCUT2D eigenvalue weighted by molar-refractivity contribution is -0.0372. The first kappa shape index (κ1) is 28.0. The molecule has 2 heterocycles. The molecule has 3 N–H and O–H groups in total. The standard InChI is InChI=1S/C32H35ClN4O3/c33-27-10-13-29-26(22-27)9-8-25-5-3-16-35-31(25)30(29)24-14-18-36(19-15-24)20-21-40-28-11-6-23(7-12-28)4-1-2-17-37(39)32(34)38/h3,5-7,10-13,16,22,24,30,39H,2,8-9,14-15,17-21H2,(H2,34,38). The number of carbonyl (C=O) groups is 1. The minimum absolute atomic E-state index is 0.0772. The zero-order valence-corrected chi connectivity index (χ0v) is 23.3. The number of hydrogen-bond donors (Lipinski definition) is 2. The number of fused-ring (bicyclic) bond motifs is 2. The van der Waals surface area contributed by atoms with E-state index in [0.717, 1.165) is 61.7 Å². The monoisotopic (exact) mass is 558 g/mol. The lowest BCUT2D eigenvalue weighted by atomic mass is 9.76. The molecule has 1 saturated heterocycles. The second kappa shape index (κ2) is 13.2. The Balaban J connectivity index is 1.12. The number of rotatable bonds is 7. The van der Waals surface area contributed by atoms with Crippen LogP contribution in [0.25, 0.3) is 0 Å². The number of primary amides is 1. The van der Waals surface area contributed by atoms with E-state index in [9.17, 15) is 10.0 Å². The molecule has 0 saturated carbocycles. The molecule has 0 radical (unpaired) electrons. The van der Waals surface area contributed by atoms with Crippen molar-refractivity contribution in [2.75, 3.05) is 32.8 Å². The molecule has 1 atom stereocenters. The number of nitrogens with two attached hydrogens (primary N) is 1. The maximum atomic E-state index is 10.8. The number of urea groups is 1. The number of carbonyl (C=O) groups excluding carboxylic acids is 1. The Labute approximate surface area is 240 Å². The first-order valence-corrected chi connectivity index (χ1v) is 14.3. The van der Waals surface area contributed by atoms with Crippen LogP contribution < -0.4 is 10.5 Å². The predicted octanol–water partition coefficient (Wildman–Crippen LogP) is 5.27. The van der Waals surface area contributed by atoms with Gasteiger partial charge in [0.05, 0.1) is 12.2 Å². The van der Waals surface area contributed by atoms with Gasteiger partial charge in [-0.3, -0.25) is 15.1 Å². The molecule has 0 spiro atoms. The summed E-state index contributed by atoms with van der Waals surface area (Å²) in [5.74, 6) is 7.61. The van der Waals surface area contributed by atoms with E-state index in [1.807, 2.05) is 36.5 Å². The number of amides is 2. The van der Waals surface area contributed by atoms with Crippen LogP contribution in [0.3, 0.4) is 0 Å². The van der Waals surface area contributed by atoms with Crippen LogP contribution in [0, 0.1) is 17.8 Å². The predicted molar refractivity (Wildman–Crippen MR) is 156 cm³/mol. The first-order valence-electron chi connectivity index (χ1n) is 13.9. The fourth-order valence-electron chi connectivity index (χ4n) is 5.80. The van der Waals surface area contributed by atoms with Crippen molar-refractivity contribution in [1.29, 1.82) is 0 Å². The molecular formula is C32H35ClN4O3. The maximum absolute atomic E-state index is 10.8. The zero-order chi connectivity index (χ0) is 27.9. The Morgan fingerprint density at radius 2 is 1.90 bits per heavy atom. The Morgan fingerprint density at radius 1 is 1.12 bits per heavy atom. The fourth-order valence-corrected chi connectivity index (χ4v) is 6.00. The highest BCUT2D eigenvalue weighted by Crippen LogP contribution is 2.42. The summed E-state index contributed by atoms with van der Waals surface area (Å²) in [6, 6.07) is 17.5. The molecular weight excluding hydrogens is 524 g/mol. The van der Waals surface area contributed by atoms with Gasteiger partial charge in [-0.2, -0.15) is 0 Å². The van der Waals surface area contributed by atoms with Crippen molar-refractivity contribution < 1.29 is 14.7 Å². The molecule has 1 aromatic heterocycles. The molecule has 0 bridgehead atoms. The van der Waals surface area contributed by atoms with Crippen molar-refractivity contribution in [2.45, 2.75) is 38.0 Å². The second-order valence-electron chi connectivity index (χ2n) is 10.4. The largest absolute Gasteiger partial charge is 0.492 e. The number of aryl methyl sites for hydroxylation is 2. The van der Waals surface area contributed by atoms with Crippen LogP contribution in [0.1, 0.15) is 53.1 Å². The Bertz CT molecular complexity index is 1380. The molecule has 7 nitrogen and oxygen atoms in total. The Morgan fingerprint density at radius 3 is 2.67 bits per heavy atom. The van der Waals surface area contributed by atoms with E-state index in [1.54, 1.807) is 0 Å². The molecule has 8 heteroatoms. The quantitative estimate of drug-likeness (QED) is 0.234. The SMILES string of the molecule is NC(=O)N(O)CCC#Cc1ccc(OCCN2CCC(C3c4ccc(Cl)cc4CCc4cccnc43)CC2)cc1. The van der Waals surface area contributed by atoms with E-state index < -0.39 is 6.03 Å². The van der Waals surface area contributed by atoms with Gasteiger partial charge in [0.2, 0.25) is 0 Å². The van der Waals surface area contributed by atoms with Gasteiger partial charge in [-0.05, 0) is 104 Å². The number of nitrogens with zero attached hydrogens (tertiary/aromatic N) is 3. The average Bonchev–Trinajstić information content (AvgIpc) is 3.13. The number of benzene rings is 2. The molecule has 2 amide bonds. The summed E-state index contributed by atoms with van der Waals surface area (Å²) >= 11 is 6.38. The van der Waals surface area contributed by atoms with E-state index >= 15 is 0 Å². The van der Waals surface area contributed by atoms with E-state index in [2.05, 4.69) is 41.0 Å². The van der Waals surface area contributed by atoms with Crippen molar-refractivity contribution in [3.63, 3.8) is 0 Å². The van der Waals surface area contributed by atoms with Crippen LogP contribution in [-0.4, -0.2) is 59.0 Å². The van der Waals surface area contributed by atoms with E-state index in [4.69, 9.17) is 27.1 Å². The van der Waals surface area contributed by atoms with Gasteiger partial charge in [0.15, 0.2) is 0 Å². The molecule has 3 aromatic rings. The van der Waals surface area contributed by atoms with Gasteiger partial charge in [-0.1, -0.05) is 35.6 Å². The highest BCUT2D eigenvalue weighted by molar-refractivity contribution is 6.30. The van der Waals surface area contributed by atoms with Crippen molar-refractivity contribution >= 4 is 17.6 Å².